The first kappa shape index (κ1) is 8.97. The van der Waals surface area contributed by atoms with E-state index >= 15 is 0 Å². The van der Waals surface area contributed by atoms with E-state index in [2.05, 4.69) is 0 Å². The van der Waals surface area contributed by atoms with E-state index in [-0.39, 0.29) is 17.3 Å². The predicted molar refractivity (Wildman–Crippen MR) is 43.5 cm³/mol. The van der Waals surface area contributed by atoms with Crippen LogP contribution in [0.15, 0.2) is 12.2 Å². The largest absolute Gasteiger partial charge is 0.463 e. The van der Waals surface area contributed by atoms with Crippen molar-refractivity contribution in [2.24, 2.45) is 5.41 Å². The Kier molecular flexibility index (Phi) is 2.31. The van der Waals surface area contributed by atoms with Crippen LogP contribution in [0.1, 0.15) is 20.3 Å². The second kappa shape index (κ2) is 3.09. The molecule has 3 nitrogen and oxygen atoms in total. The summed E-state index contributed by atoms with van der Waals surface area (Å²) in [5.74, 6) is 0.0150. The van der Waals surface area contributed by atoms with E-state index in [0.717, 1.165) is 0 Å². The molecule has 1 atom stereocenters. The number of carbonyl (C=O) groups excluding carboxylic acids is 2. The Labute approximate surface area is 71.4 Å². The highest BCUT2D eigenvalue weighted by atomic mass is 16.5. The molecule has 0 aliphatic heterocycles. The smallest absolute Gasteiger partial charge is 0.293 e. The van der Waals surface area contributed by atoms with Crippen LogP contribution in [0.2, 0.25) is 0 Å². The van der Waals surface area contributed by atoms with Crippen LogP contribution in [-0.4, -0.2) is 18.4 Å². The molecule has 0 bridgehead atoms. The van der Waals surface area contributed by atoms with E-state index in [1.165, 1.54) is 0 Å². The van der Waals surface area contributed by atoms with E-state index in [1.54, 1.807) is 12.2 Å². The third-order valence-electron chi connectivity index (χ3n) is 2.14. The van der Waals surface area contributed by atoms with E-state index < -0.39 is 0 Å². The summed E-state index contributed by atoms with van der Waals surface area (Å²) in [5, 5.41) is 0. The van der Waals surface area contributed by atoms with Crippen molar-refractivity contribution in [2.45, 2.75) is 26.4 Å². The highest BCUT2D eigenvalue weighted by molar-refractivity contribution is 5.91. The molecule has 0 aromatic heterocycles. The summed E-state index contributed by atoms with van der Waals surface area (Å²) >= 11 is 0. The topological polar surface area (TPSA) is 43.4 Å². The summed E-state index contributed by atoms with van der Waals surface area (Å²) < 4.78 is 4.82. The maximum Gasteiger partial charge on any atom is 0.293 e. The summed E-state index contributed by atoms with van der Waals surface area (Å²) in [6, 6.07) is 0. The Bertz CT molecular complexity index is 228. The molecule has 0 amide bonds. The van der Waals surface area contributed by atoms with Crippen LogP contribution in [0, 0.1) is 5.41 Å². The Morgan fingerprint density at radius 1 is 1.67 bits per heavy atom. The van der Waals surface area contributed by atoms with Crippen molar-refractivity contribution < 1.29 is 14.3 Å². The monoisotopic (exact) mass is 168 g/mol. The summed E-state index contributed by atoms with van der Waals surface area (Å²) in [4.78, 5) is 21.1. The van der Waals surface area contributed by atoms with Crippen molar-refractivity contribution in [2.75, 3.05) is 0 Å². The maximum atomic E-state index is 11.0. The van der Waals surface area contributed by atoms with Crippen LogP contribution in [0.5, 0.6) is 0 Å². The third-order valence-corrected chi connectivity index (χ3v) is 2.14. The Morgan fingerprint density at radius 3 is 2.92 bits per heavy atom. The van der Waals surface area contributed by atoms with E-state index in [1.807, 2.05) is 13.8 Å². The molecular weight excluding hydrogens is 156 g/mol. The lowest BCUT2D eigenvalue weighted by molar-refractivity contribution is -0.140. The highest BCUT2D eigenvalue weighted by Gasteiger charge is 2.33. The first-order valence-electron chi connectivity index (χ1n) is 3.87. The lowest BCUT2D eigenvalue weighted by atomic mass is 9.79. The number of rotatable bonds is 2. The zero-order chi connectivity index (χ0) is 9.19. The van der Waals surface area contributed by atoms with Crippen molar-refractivity contribution in [1.29, 1.82) is 0 Å². The number of hydrogen-bond donors (Lipinski definition) is 0. The van der Waals surface area contributed by atoms with Gasteiger partial charge in [-0.2, -0.15) is 0 Å². The number of allylic oxidation sites excluding steroid dienone is 1. The van der Waals surface area contributed by atoms with Crippen LogP contribution in [0.4, 0.5) is 0 Å². The van der Waals surface area contributed by atoms with Crippen molar-refractivity contribution in [3.05, 3.63) is 12.2 Å². The molecule has 0 saturated heterocycles. The third kappa shape index (κ3) is 1.72. The van der Waals surface area contributed by atoms with Gasteiger partial charge >= 0.3 is 0 Å². The van der Waals surface area contributed by atoms with Crippen LogP contribution in [-0.2, 0) is 14.3 Å². The van der Waals surface area contributed by atoms with E-state index in [4.69, 9.17) is 4.74 Å². The molecule has 1 aliphatic carbocycles. The standard InChI is InChI=1S/C9H12O3/c1-9(2)4-3-7(11)5-8(9)12-6-10/h3-4,6,8H,5H2,1-2H3. The second-order valence-electron chi connectivity index (χ2n) is 3.55. The average molecular weight is 168 g/mol. The van der Waals surface area contributed by atoms with Gasteiger partial charge in [0.25, 0.3) is 6.47 Å². The van der Waals surface area contributed by atoms with Gasteiger partial charge in [-0.15, -0.1) is 0 Å². The molecule has 1 unspecified atom stereocenters. The molecule has 12 heavy (non-hydrogen) atoms. The predicted octanol–water partition coefficient (Wildman–Crippen LogP) is 1.08. The number of carbonyl (C=O) groups is 2. The van der Waals surface area contributed by atoms with Gasteiger partial charge in [0, 0.05) is 11.8 Å². The van der Waals surface area contributed by atoms with Gasteiger partial charge in [0.2, 0.25) is 0 Å². The maximum absolute atomic E-state index is 11.0. The van der Waals surface area contributed by atoms with Crippen molar-refractivity contribution in [3.8, 4) is 0 Å². The number of hydrogen-bond acceptors (Lipinski definition) is 3. The Hall–Kier alpha value is -1.12. The Balaban J connectivity index is 2.78. The molecule has 0 spiro atoms. The molecule has 66 valence electrons. The highest BCUT2D eigenvalue weighted by Crippen LogP contribution is 2.30. The quantitative estimate of drug-likeness (QED) is 0.579. The minimum absolute atomic E-state index is 0.0150. The normalized spacial score (nSPS) is 26.8. The summed E-state index contributed by atoms with van der Waals surface area (Å²) in [6.07, 6.45) is 3.31. The lowest BCUT2D eigenvalue weighted by Crippen LogP contribution is -2.35. The molecule has 0 N–H and O–H groups in total. The molecule has 0 aromatic carbocycles. The first-order valence-corrected chi connectivity index (χ1v) is 3.87. The molecule has 1 rings (SSSR count). The van der Waals surface area contributed by atoms with Crippen molar-refractivity contribution >= 4 is 12.3 Å². The Morgan fingerprint density at radius 2 is 2.33 bits per heavy atom. The van der Waals surface area contributed by atoms with Gasteiger partial charge in [0.15, 0.2) is 5.78 Å². The summed E-state index contributed by atoms with van der Waals surface area (Å²) in [6.45, 7) is 4.27. The van der Waals surface area contributed by atoms with E-state index in [0.29, 0.717) is 12.9 Å². The van der Waals surface area contributed by atoms with Gasteiger partial charge in [-0.25, -0.2) is 0 Å². The molecule has 1 aliphatic rings. The van der Waals surface area contributed by atoms with Gasteiger partial charge in [-0.3, -0.25) is 9.59 Å². The summed E-state index contributed by atoms with van der Waals surface area (Å²) in [5.41, 5.74) is -0.227. The number of ketones is 1. The molecular formula is C9H12O3. The fraction of sp³-hybridized carbons (Fsp3) is 0.556. The first-order chi connectivity index (χ1) is 5.56. The number of ether oxygens (including phenoxy) is 1. The van der Waals surface area contributed by atoms with Gasteiger partial charge in [-0.05, 0) is 6.08 Å². The molecule has 0 fully saturated rings. The van der Waals surface area contributed by atoms with E-state index in [9.17, 15) is 9.59 Å². The van der Waals surface area contributed by atoms with Crippen LogP contribution >= 0.6 is 0 Å². The fourth-order valence-electron chi connectivity index (χ4n) is 1.22. The molecule has 3 heteroatoms. The van der Waals surface area contributed by atoms with Gasteiger partial charge in [0.05, 0.1) is 0 Å². The zero-order valence-electron chi connectivity index (χ0n) is 7.24. The summed E-state index contributed by atoms with van der Waals surface area (Å²) in [7, 11) is 0. The van der Waals surface area contributed by atoms with Gasteiger partial charge in [-0.1, -0.05) is 19.9 Å². The van der Waals surface area contributed by atoms with Crippen LogP contribution in [0.3, 0.4) is 0 Å². The average Bonchev–Trinajstić information content (AvgIpc) is 1.98. The minimum atomic E-state index is -0.313. The molecule has 0 saturated carbocycles. The van der Waals surface area contributed by atoms with Crippen molar-refractivity contribution in [3.63, 3.8) is 0 Å². The molecule has 0 radical (unpaired) electrons. The molecule has 0 heterocycles. The van der Waals surface area contributed by atoms with Crippen molar-refractivity contribution in [1.82, 2.24) is 0 Å². The van der Waals surface area contributed by atoms with Gasteiger partial charge in [0.1, 0.15) is 6.10 Å². The fourth-order valence-corrected chi connectivity index (χ4v) is 1.22. The molecule has 0 aromatic rings. The van der Waals surface area contributed by atoms with Crippen LogP contribution < -0.4 is 0 Å². The van der Waals surface area contributed by atoms with Crippen LogP contribution in [0.25, 0.3) is 0 Å². The minimum Gasteiger partial charge on any atom is -0.463 e. The SMILES string of the molecule is CC1(C)C=CC(=O)CC1OC=O. The lowest BCUT2D eigenvalue weighted by Gasteiger charge is -2.31. The zero-order valence-corrected chi connectivity index (χ0v) is 7.24. The van der Waals surface area contributed by atoms with Gasteiger partial charge < -0.3 is 4.74 Å². The second-order valence-corrected chi connectivity index (χ2v) is 3.55.